The fourth-order valence-electron chi connectivity index (χ4n) is 7.73. The summed E-state index contributed by atoms with van der Waals surface area (Å²) >= 11 is 0. The van der Waals surface area contributed by atoms with Crippen molar-refractivity contribution in [1.82, 2.24) is 10.3 Å². The summed E-state index contributed by atoms with van der Waals surface area (Å²) in [5, 5.41) is 6.96. The van der Waals surface area contributed by atoms with Crippen LogP contribution in [0.4, 0.5) is 0 Å². The first-order valence-electron chi connectivity index (χ1n) is 19.0. The molecule has 0 fully saturated rings. The zero-order valence-corrected chi connectivity index (χ0v) is 30.5. The van der Waals surface area contributed by atoms with E-state index in [0.29, 0.717) is 0 Å². The molecular weight excluding hydrogens is 681 g/mol. The molecule has 0 saturated heterocycles. The van der Waals surface area contributed by atoms with Crippen molar-refractivity contribution in [2.24, 2.45) is 9.98 Å². The zero-order valence-electron chi connectivity index (χ0n) is 30.5. The highest BCUT2D eigenvalue weighted by molar-refractivity contribution is 6.17. The number of benzene rings is 8. The lowest BCUT2D eigenvalue weighted by Crippen LogP contribution is -2.36. The van der Waals surface area contributed by atoms with Gasteiger partial charge in [-0.05, 0) is 56.3 Å². The molecule has 0 bridgehead atoms. The minimum atomic E-state index is -0.485. The Morgan fingerprint density at radius 2 is 0.821 bits per heavy atom. The molecule has 4 heteroatoms. The molecule has 8 aromatic carbocycles. The molecule has 0 amide bonds. The third-order valence-corrected chi connectivity index (χ3v) is 10.6. The second-order valence-electron chi connectivity index (χ2n) is 14.0. The van der Waals surface area contributed by atoms with E-state index in [9.17, 15) is 0 Å². The predicted molar refractivity (Wildman–Crippen MR) is 233 cm³/mol. The molecule has 0 atom stereocenters. The minimum Gasteiger partial charge on any atom is -0.324 e. The van der Waals surface area contributed by atoms with Crippen molar-refractivity contribution < 1.29 is 0 Å². The molecule has 0 radical (unpaired) electrons. The maximum atomic E-state index is 5.33. The fraction of sp³-hybridized carbons (Fsp3) is 0.0192. The van der Waals surface area contributed by atoms with Crippen molar-refractivity contribution >= 4 is 33.3 Å². The second kappa shape index (κ2) is 14.4. The van der Waals surface area contributed by atoms with Crippen LogP contribution in [-0.2, 0) is 0 Å². The molecule has 1 aliphatic heterocycles. The third-order valence-electron chi connectivity index (χ3n) is 10.6. The lowest BCUT2D eigenvalue weighted by Gasteiger charge is -2.24. The van der Waals surface area contributed by atoms with E-state index in [2.05, 4.69) is 193 Å². The molecule has 1 aromatic heterocycles. The van der Waals surface area contributed by atoms with Crippen molar-refractivity contribution in [2.75, 3.05) is 0 Å². The van der Waals surface area contributed by atoms with E-state index < -0.39 is 6.17 Å². The number of fused-ring (bicyclic) bond motifs is 3. The van der Waals surface area contributed by atoms with Crippen LogP contribution >= 0.6 is 0 Å². The summed E-state index contributed by atoms with van der Waals surface area (Å²) in [6, 6.07) is 72.2. The number of amidine groups is 2. The van der Waals surface area contributed by atoms with E-state index in [4.69, 9.17) is 15.0 Å². The van der Waals surface area contributed by atoms with Gasteiger partial charge in [0, 0.05) is 27.6 Å². The van der Waals surface area contributed by atoms with Crippen molar-refractivity contribution in [2.45, 2.75) is 6.17 Å². The summed E-state index contributed by atoms with van der Waals surface area (Å²) < 4.78 is 0. The average molecular weight is 717 g/mol. The summed E-state index contributed by atoms with van der Waals surface area (Å²) in [7, 11) is 0. The highest BCUT2D eigenvalue weighted by Crippen LogP contribution is 2.39. The van der Waals surface area contributed by atoms with Gasteiger partial charge < -0.3 is 5.32 Å². The van der Waals surface area contributed by atoms with Gasteiger partial charge in [-0.3, -0.25) is 0 Å². The number of nitrogens with one attached hydrogen (secondary N) is 1. The van der Waals surface area contributed by atoms with E-state index in [-0.39, 0.29) is 0 Å². The lowest BCUT2D eigenvalue weighted by atomic mass is 9.92. The Labute approximate surface area is 326 Å². The van der Waals surface area contributed by atoms with Gasteiger partial charge in [0.1, 0.15) is 11.7 Å². The summed E-state index contributed by atoms with van der Waals surface area (Å²) in [6.45, 7) is 0. The van der Waals surface area contributed by atoms with Crippen LogP contribution in [0.15, 0.2) is 216 Å². The van der Waals surface area contributed by atoms with E-state index in [1.807, 2.05) is 18.2 Å². The Morgan fingerprint density at radius 3 is 1.36 bits per heavy atom. The summed E-state index contributed by atoms with van der Waals surface area (Å²) in [6.07, 6.45) is -0.485. The largest absolute Gasteiger partial charge is 0.324 e. The molecule has 0 aliphatic carbocycles. The maximum absolute atomic E-state index is 5.33. The quantitative estimate of drug-likeness (QED) is 0.167. The standard InChI is InChI=1S/C52H36N4/c1-5-14-35(15-6-1)37-24-28-41(29-25-37)50-54-51(42-30-26-38(27-31-42)36-16-7-2-8-17-36)56-52(55-50)45-23-13-22-44-43(45)32-33-47-49(44)46(39-18-9-3-10-19-39)34-48(53-47)40-20-11-4-12-21-40/h1-34,52H,(H,54,55,56). The van der Waals surface area contributed by atoms with Gasteiger partial charge in [-0.2, -0.15) is 0 Å². The second-order valence-corrected chi connectivity index (χ2v) is 14.0. The molecule has 1 aliphatic rings. The van der Waals surface area contributed by atoms with Gasteiger partial charge in [0.25, 0.3) is 0 Å². The highest BCUT2D eigenvalue weighted by Gasteiger charge is 2.23. The average Bonchev–Trinajstić information content (AvgIpc) is 3.29. The smallest absolute Gasteiger partial charge is 0.170 e. The fourth-order valence-corrected chi connectivity index (χ4v) is 7.73. The third kappa shape index (κ3) is 6.33. The molecule has 0 saturated carbocycles. The Balaban J connectivity index is 1.12. The van der Waals surface area contributed by atoms with Crippen LogP contribution in [-0.4, -0.2) is 16.7 Å². The molecule has 1 N–H and O–H groups in total. The van der Waals surface area contributed by atoms with E-state index >= 15 is 0 Å². The molecule has 56 heavy (non-hydrogen) atoms. The van der Waals surface area contributed by atoms with Crippen molar-refractivity contribution in [3.05, 3.63) is 223 Å². The monoisotopic (exact) mass is 716 g/mol. The van der Waals surface area contributed by atoms with E-state index in [1.165, 1.54) is 11.1 Å². The number of aliphatic imine (C=N–C) groups is 2. The van der Waals surface area contributed by atoms with Crippen LogP contribution in [0.3, 0.4) is 0 Å². The van der Waals surface area contributed by atoms with Crippen LogP contribution in [0.5, 0.6) is 0 Å². The van der Waals surface area contributed by atoms with Gasteiger partial charge in [0.15, 0.2) is 6.17 Å². The Kier molecular flexibility index (Phi) is 8.54. The van der Waals surface area contributed by atoms with Gasteiger partial charge in [-0.1, -0.05) is 194 Å². The van der Waals surface area contributed by atoms with Crippen LogP contribution in [0.1, 0.15) is 22.9 Å². The Bertz CT molecular complexity index is 2790. The van der Waals surface area contributed by atoms with Crippen molar-refractivity contribution in [3.8, 4) is 44.6 Å². The van der Waals surface area contributed by atoms with Crippen LogP contribution in [0, 0.1) is 0 Å². The first kappa shape index (κ1) is 33.2. The number of pyridine rings is 1. The number of nitrogens with zero attached hydrogens (tertiary/aromatic N) is 3. The lowest BCUT2D eigenvalue weighted by molar-refractivity contribution is 0.762. The first-order chi connectivity index (χ1) is 27.7. The van der Waals surface area contributed by atoms with Gasteiger partial charge in [-0.25, -0.2) is 15.0 Å². The Hall–Kier alpha value is -7.43. The highest BCUT2D eigenvalue weighted by atomic mass is 15.2. The molecule has 264 valence electrons. The van der Waals surface area contributed by atoms with Gasteiger partial charge in [-0.15, -0.1) is 0 Å². The van der Waals surface area contributed by atoms with Crippen molar-refractivity contribution in [3.63, 3.8) is 0 Å². The van der Waals surface area contributed by atoms with Gasteiger partial charge in [0.2, 0.25) is 0 Å². The van der Waals surface area contributed by atoms with E-state index in [0.717, 1.165) is 83.5 Å². The molecule has 9 aromatic rings. The predicted octanol–water partition coefficient (Wildman–Crippen LogP) is 12.6. The van der Waals surface area contributed by atoms with Crippen molar-refractivity contribution in [1.29, 1.82) is 0 Å². The van der Waals surface area contributed by atoms with Crippen LogP contribution < -0.4 is 5.32 Å². The van der Waals surface area contributed by atoms with E-state index in [1.54, 1.807) is 0 Å². The first-order valence-corrected chi connectivity index (χ1v) is 19.0. The molecule has 10 rings (SSSR count). The number of hydrogen-bond acceptors (Lipinski definition) is 4. The summed E-state index contributed by atoms with van der Waals surface area (Å²) in [4.78, 5) is 15.9. The van der Waals surface area contributed by atoms with Gasteiger partial charge >= 0.3 is 0 Å². The maximum Gasteiger partial charge on any atom is 0.170 e. The van der Waals surface area contributed by atoms with Crippen LogP contribution in [0.25, 0.3) is 66.3 Å². The molecule has 4 nitrogen and oxygen atoms in total. The van der Waals surface area contributed by atoms with Gasteiger partial charge in [0.05, 0.1) is 11.2 Å². The number of aromatic nitrogens is 1. The Morgan fingerprint density at radius 1 is 0.357 bits per heavy atom. The SMILES string of the molecule is c1ccc(-c2ccc(C3=NC(c4cccc5c4ccc4nc(-c6ccccc6)cc(-c6ccccc6)c45)N=C(c4ccc(-c5ccccc5)cc4)N3)cc2)cc1. The molecule has 0 spiro atoms. The number of rotatable bonds is 7. The summed E-state index contributed by atoms with van der Waals surface area (Å²) in [5.74, 6) is 1.56. The molecule has 2 heterocycles. The minimum absolute atomic E-state index is 0.485. The zero-order chi connectivity index (χ0) is 37.3. The number of hydrogen-bond donors (Lipinski definition) is 1. The molecular formula is C52H36N4. The normalized spacial score (nSPS) is 12.9. The summed E-state index contributed by atoms with van der Waals surface area (Å²) in [5.41, 5.74) is 13.0. The van der Waals surface area contributed by atoms with Crippen LogP contribution in [0.2, 0.25) is 0 Å². The topological polar surface area (TPSA) is 49.6 Å². The molecule has 0 unspecified atom stereocenters.